The minimum Gasteiger partial charge on any atom is -0.305 e. The van der Waals surface area contributed by atoms with Gasteiger partial charge in [0.05, 0.1) is 13.6 Å². The third-order valence-corrected chi connectivity index (χ3v) is 4.26. The second-order valence-electron chi connectivity index (χ2n) is 5.07. The zero-order chi connectivity index (χ0) is 12.5. The molecule has 2 nitrogen and oxygen atoms in total. The molecule has 88 valence electrons. The van der Waals surface area contributed by atoms with E-state index in [1.54, 1.807) is 0 Å². The van der Waals surface area contributed by atoms with Gasteiger partial charge in [-0.15, -0.1) is 0 Å². The van der Waals surface area contributed by atoms with Crippen LogP contribution in [0.1, 0.15) is 18.4 Å². The van der Waals surface area contributed by atoms with E-state index >= 15 is 0 Å². The summed E-state index contributed by atoms with van der Waals surface area (Å²) in [6.45, 7) is 6.90. The van der Waals surface area contributed by atoms with Crippen LogP contribution in [0.3, 0.4) is 0 Å². The lowest BCUT2D eigenvalue weighted by atomic mass is 9.74. The minimum absolute atomic E-state index is 0.0467. The first kappa shape index (κ1) is 11.9. The van der Waals surface area contributed by atoms with Gasteiger partial charge < -0.3 is 4.48 Å². The second kappa shape index (κ2) is 4.35. The van der Waals surface area contributed by atoms with Crippen LogP contribution < -0.4 is 0 Å². The van der Waals surface area contributed by atoms with Gasteiger partial charge in [-0.1, -0.05) is 36.9 Å². The third kappa shape index (κ3) is 1.67. The van der Waals surface area contributed by atoms with E-state index in [0.717, 1.165) is 11.0 Å². The molecule has 1 saturated heterocycles. The highest BCUT2D eigenvalue weighted by Gasteiger charge is 2.58. The third-order valence-electron chi connectivity index (χ3n) is 4.26. The van der Waals surface area contributed by atoms with Crippen LogP contribution in [0.2, 0.25) is 0 Å². The van der Waals surface area contributed by atoms with E-state index in [9.17, 15) is 5.26 Å². The lowest BCUT2D eigenvalue weighted by molar-refractivity contribution is -0.987. The van der Waals surface area contributed by atoms with Gasteiger partial charge in [-0.05, 0) is 18.6 Å². The van der Waals surface area contributed by atoms with Crippen LogP contribution >= 0.6 is 0 Å². The van der Waals surface area contributed by atoms with E-state index in [4.69, 9.17) is 0 Å². The van der Waals surface area contributed by atoms with Crippen LogP contribution in [-0.4, -0.2) is 30.2 Å². The molecule has 0 spiro atoms. The van der Waals surface area contributed by atoms with Gasteiger partial charge in [0.15, 0.2) is 6.04 Å². The lowest BCUT2D eigenvalue weighted by Crippen LogP contribution is -2.72. The largest absolute Gasteiger partial charge is 0.305 e. The smallest absolute Gasteiger partial charge is 0.189 e. The Morgan fingerprint density at radius 3 is 2.59 bits per heavy atom. The summed E-state index contributed by atoms with van der Waals surface area (Å²) in [4.78, 5) is 0. The Morgan fingerprint density at radius 1 is 1.41 bits per heavy atom. The highest BCUT2D eigenvalue weighted by Crippen LogP contribution is 2.45. The van der Waals surface area contributed by atoms with Crippen LogP contribution in [0.15, 0.2) is 43.0 Å². The Hall–Kier alpha value is -1.59. The molecule has 17 heavy (non-hydrogen) atoms. The number of nitrogens with zero attached hydrogens (tertiary/aromatic N) is 2. The first-order chi connectivity index (χ1) is 8.15. The first-order valence-electron chi connectivity index (χ1n) is 6.05. The molecule has 2 heteroatoms. The van der Waals surface area contributed by atoms with Gasteiger partial charge in [-0.3, -0.25) is 0 Å². The molecule has 0 amide bonds. The molecule has 4 atom stereocenters. The number of nitriles is 1. The van der Waals surface area contributed by atoms with Crippen molar-refractivity contribution in [3.8, 4) is 6.07 Å². The maximum absolute atomic E-state index is 9.40. The minimum atomic E-state index is 0.0467. The maximum Gasteiger partial charge on any atom is 0.189 e. The van der Waals surface area contributed by atoms with Crippen molar-refractivity contribution >= 4 is 0 Å². The van der Waals surface area contributed by atoms with Gasteiger partial charge in [-0.25, -0.2) is 0 Å². The van der Waals surface area contributed by atoms with Crippen molar-refractivity contribution in [2.45, 2.75) is 24.9 Å². The Labute approximate surface area is 103 Å². The average Bonchev–Trinajstić information content (AvgIpc) is 2.36. The summed E-state index contributed by atoms with van der Waals surface area (Å²) in [5.41, 5.74) is 1.28. The van der Waals surface area contributed by atoms with Crippen LogP contribution in [-0.2, 0) is 0 Å². The van der Waals surface area contributed by atoms with Gasteiger partial charge in [0.1, 0.15) is 18.0 Å². The molecule has 2 rings (SSSR count). The van der Waals surface area contributed by atoms with Gasteiger partial charge in [-0.2, -0.15) is 5.26 Å². The van der Waals surface area contributed by atoms with Crippen molar-refractivity contribution in [1.29, 1.82) is 5.26 Å². The summed E-state index contributed by atoms with van der Waals surface area (Å²) < 4.78 is 0.791. The summed E-state index contributed by atoms with van der Waals surface area (Å²) in [6, 6.07) is 13.4. The molecule has 0 saturated carbocycles. The van der Waals surface area contributed by atoms with Gasteiger partial charge in [0, 0.05) is 0 Å². The van der Waals surface area contributed by atoms with Gasteiger partial charge in [0.25, 0.3) is 0 Å². The molecular weight excluding hydrogens is 208 g/mol. The Kier molecular flexibility index (Phi) is 3.04. The Bertz CT molecular complexity index is 446. The van der Waals surface area contributed by atoms with Crippen molar-refractivity contribution in [3.63, 3.8) is 0 Å². The molecule has 1 heterocycles. The van der Waals surface area contributed by atoms with Crippen LogP contribution in [0.25, 0.3) is 0 Å². The molecule has 0 aliphatic carbocycles. The van der Waals surface area contributed by atoms with Crippen LogP contribution in [0.5, 0.6) is 0 Å². The standard InChI is InChI=1S/C15H19N2/c1-4-10-17(3)12(2)15(14(17)11-16)13-8-6-5-7-9-13/h4-9,12,14-15H,1,10H2,2-3H3/q+1/t12-,14-,15+,17-/m0/s1. The summed E-state index contributed by atoms with van der Waals surface area (Å²) in [7, 11) is 2.15. The number of likely N-dealkylation sites (tertiary alicyclic amines) is 1. The fraction of sp³-hybridized carbons (Fsp3) is 0.400. The predicted molar refractivity (Wildman–Crippen MR) is 69.3 cm³/mol. The van der Waals surface area contributed by atoms with E-state index in [2.05, 4.69) is 38.8 Å². The summed E-state index contributed by atoms with van der Waals surface area (Å²) >= 11 is 0. The average molecular weight is 227 g/mol. The number of likely N-dealkylation sites (N-methyl/N-ethyl adjacent to an activating group) is 1. The zero-order valence-corrected chi connectivity index (χ0v) is 10.5. The number of benzene rings is 1. The number of quaternary nitrogens is 1. The summed E-state index contributed by atoms with van der Waals surface area (Å²) in [5.74, 6) is 0.353. The topological polar surface area (TPSA) is 23.8 Å². The van der Waals surface area contributed by atoms with Gasteiger partial charge >= 0.3 is 0 Å². The van der Waals surface area contributed by atoms with E-state index in [1.165, 1.54) is 5.56 Å². The van der Waals surface area contributed by atoms with Crippen molar-refractivity contribution in [1.82, 2.24) is 0 Å². The van der Waals surface area contributed by atoms with Crippen molar-refractivity contribution < 1.29 is 4.48 Å². The van der Waals surface area contributed by atoms with Crippen LogP contribution in [0, 0.1) is 11.3 Å². The molecular formula is C15H19N2+. The summed E-state index contributed by atoms with van der Waals surface area (Å²) in [6.07, 6.45) is 1.92. The fourth-order valence-electron chi connectivity index (χ4n) is 3.06. The van der Waals surface area contributed by atoms with Crippen molar-refractivity contribution in [2.75, 3.05) is 13.6 Å². The first-order valence-corrected chi connectivity index (χ1v) is 6.05. The molecule has 1 aromatic rings. The number of hydrogen-bond acceptors (Lipinski definition) is 1. The van der Waals surface area contributed by atoms with Gasteiger partial charge in [0.2, 0.25) is 0 Å². The molecule has 1 fully saturated rings. The second-order valence-corrected chi connectivity index (χ2v) is 5.07. The summed E-state index contributed by atoms with van der Waals surface area (Å²) in [5, 5.41) is 9.40. The quantitative estimate of drug-likeness (QED) is 0.575. The zero-order valence-electron chi connectivity index (χ0n) is 10.5. The molecule has 1 aliphatic heterocycles. The molecule has 0 unspecified atom stereocenters. The van der Waals surface area contributed by atoms with E-state index in [1.807, 2.05) is 24.3 Å². The highest BCUT2D eigenvalue weighted by atomic mass is 15.4. The Balaban J connectivity index is 2.29. The monoisotopic (exact) mass is 227 g/mol. The fourth-order valence-corrected chi connectivity index (χ4v) is 3.06. The molecule has 1 aliphatic rings. The van der Waals surface area contributed by atoms with Crippen molar-refractivity contribution in [3.05, 3.63) is 48.6 Å². The van der Waals surface area contributed by atoms with E-state index in [-0.39, 0.29) is 6.04 Å². The molecule has 0 N–H and O–H groups in total. The molecule has 0 aromatic heterocycles. The van der Waals surface area contributed by atoms with E-state index in [0.29, 0.717) is 12.0 Å². The lowest BCUT2D eigenvalue weighted by Gasteiger charge is -2.57. The Morgan fingerprint density at radius 2 is 2.06 bits per heavy atom. The predicted octanol–water partition coefficient (Wildman–Crippen LogP) is 2.70. The van der Waals surface area contributed by atoms with Crippen molar-refractivity contribution in [2.24, 2.45) is 0 Å². The SMILES string of the molecule is C=CC[N@@+]1(C)[C@@H](C)[C@H](c2ccccc2)[C@@H]1C#N. The molecule has 1 aromatic carbocycles. The number of hydrogen-bond donors (Lipinski definition) is 0. The van der Waals surface area contributed by atoms with Crippen LogP contribution in [0.4, 0.5) is 0 Å². The molecule has 0 bridgehead atoms. The van der Waals surface area contributed by atoms with E-state index < -0.39 is 0 Å². The normalized spacial score (nSPS) is 35.7. The molecule has 0 radical (unpaired) electrons. The maximum atomic E-state index is 9.40. The highest BCUT2D eigenvalue weighted by molar-refractivity contribution is 5.27. The number of rotatable bonds is 3.